The van der Waals surface area contributed by atoms with Crippen LogP contribution in [0.25, 0.3) is 11.5 Å². The highest BCUT2D eigenvalue weighted by molar-refractivity contribution is 6.33. The zero-order valence-electron chi connectivity index (χ0n) is 32.3. The predicted octanol–water partition coefficient (Wildman–Crippen LogP) is 10.9. The lowest BCUT2D eigenvalue weighted by atomic mass is 9.33. The van der Waals surface area contributed by atoms with E-state index in [0.29, 0.717) is 34.6 Å². The third-order valence-electron chi connectivity index (χ3n) is 16.0. The number of halogens is 1. The van der Waals surface area contributed by atoms with Gasteiger partial charge in [0.25, 0.3) is 0 Å². The molecule has 4 saturated carbocycles. The molecule has 0 amide bonds. The number of benzene rings is 1. The summed E-state index contributed by atoms with van der Waals surface area (Å²) in [5.74, 6) is 1.83. The molecular weight excluding hydrogens is 660 g/mol. The summed E-state index contributed by atoms with van der Waals surface area (Å²) in [6.07, 6.45) is 10.4. The molecule has 278 valence electrons. The highest BCUT2D eigenvalue weighted by Gasteiger charge is 2.70. The van der Waals surface area contributed by atoms with E-state index in [0.717, 1.165) is 62.8 Å². The van der Waals surface area contributed by atoms with Crippen LogP contribution in [0, 0.1) is 50.7 Å². The Bertz CT molecular complexity index is 1760. The standard InChI is InChI=1S/C43H59ClN2O5/c1-25(2)26-16-21-43(36-46-45-35(51-36)27-12-10-11-13-29(27)44)23-22-41(8)28(34(26)43)14-15-31-40(7)19-18-32(50-33(47)24-38(3,4)37(48)49)39(5,6)30(40)17-20-42(31,41)9/h10-13,25,28,30-32H,14-24H2,1-9H3,(H,48,49)/t28-,30+,31-,32+,40+,41-,42-,43+/m1/s1. The fraction of sp³-hybridized carbons (Fsp3) is 0.721. The number of ether oxygens (including phenoxy) is 1. The Morgan fingerprint density at radius 1 is 0.941 bits per heavy atom. The Kier molecular flexibility index (Phi) is 8.76. The van der Waals surface area contributed by atoms with Crippen LogP contribution < -0.4 is 0 Å². The molecule has 51 heavy (non-hydrogen) atoms. The van der Waals surface area contributed by atoms with Gasteiger partial charge in [-0.2, -0.15) is 0 Å². The highest BCUT2D eigenvalue weighted by atomic mass is 35.5. The van der Waals surface area contributed by atoms with Gasteiger partial charge < -0.3 is 14.3 Å². The van der Waals surface area contributed by atoms with E-state index in [-0.39, 0.29) is 39.6 Å². The van der Waals surface area contributed by atoms with Crippen molar-refractivity contribution in [2.75, 3.05) is 0 Å². The number of fused-ring (bicyclic) bond motifs is 7. The summed E-state index contributed by atoms with van der Waals surface area (Å²) in [6, 6.07) is 7.72. The molecule has 2 aromatic rings. The van der Waals surface area contributed by atoms with Crippen LogP contribution in [0.4, 0.5) is 0 Å². The lowest BCUT2D eigenvalue weighted by molar-refractivity contribution is -0.232. The normalized spacial score (nSPS) is 37.3. The second-order valence-corrected chi connectivity index (χ2v) is 19.8. The molecule has 8 heteroatoms. The van der Waals surface area contributed by atoms with Crippen molar-refractivity contribution in [1.29, 1.82) is 0 Å². The molecule has 7 nitrogen and oxygen atoms in total. The Balaban J connectivity index is 1.19. The Labute approximate surface area is 309 Å². The van der Waals surface area contributed by atoms with Gasteiger partial charge >= 0.3 is 11.9 Å². The number of aromatic nitrogens is 2. The second-order valence-electron chi connectivity index (χ2n) is 19.4. The van der Waals surface area contributed by atoms with Gasteiger partial charge in [0, 0.05) is 5.41 Å². The summed E-state index contributed by atoms with van der Waals surface area (Å²) in [7, 11) is 0. The van der Waals surface area contributed by atoms with Crippen LogP contribution in [0.3, 0.4) is 0 Å². The van der Waals surface area contributed by atoms with Crippen molar-refractivity contribution < 1.29 is 23.8 Å². The van der Waals surface area contributed by atoms with Crippen molar-refractivity contribution in [2.45, 2.75) is 144 Å². The monoisotopic (exact) mass is 718 g/mol. The molecular formula is C43H59ClN2O5. The Morgan fingerprint density at radius 3 is 2.35 bits per heavy atom. The molecule has 0 bridgehead atoms. The van der Waals surface area contributed by atoms with Gasteiger partial charge in [-0.3, -0.25) is 9.59 Å². The van der Waals surface area contributed by atoms with Crippen molar-refractivity contribution in [3.63, 3.8) is 0 Å². The van der Waals surface area contributed by atoms with E-state index in [4.69, 9.17) is 25.9 Å². The maximum absolute atomic E-state index is 13.1. The average molecular weight is 719 g/mol. The van der Waals surface area contributed by atoms with Gasteiger partial charge in [-0.25, -0.2) is 0 Å². The first-order chi connectivity index (χ1) is 23.8. The van der Waals surface area contributed by atoms with Crippen LogP contribution >= 0.6 is 11.6 Å². The molecule has 5 aliphatic rings. The van der Waals surface area contributed by atoms with Crippen molar-refractivity contribution >= 4 is 23.5 Å². The molecule has 4 fully saturated rings. The summed E-state index contributed by atoms with van der Waals surface area (Å²) in [4.78, 5) is 24.8. The predicted molar refractivity (Wildman–Crippen MR) is 199 cm³/mol. The molecule has 0 radical (unpaired) electrons. The number of carbonyl (C=O) groups excluding carboxylic acids is 1. The first-order valence-electron chi connectivity index (χ1n) is 19.6. The number of nitrogens with zero attached hydrogens (tertiary/aromatic N) is 2. The average Bonchev–Trinajstić information content (AvgIpc) is 3.69. The van der Waals surface area contributed by atoms with E-state index in [1.165, 1.54) is 12.8 Å². The molecule has 1 N–H and O–H groups in total. The van der Waals surface area contributed by atoms with E-state index >= 15 is 0 Å². The number of carboxylic acids is 1. The first-order valence-corrected chi connectivity index (χ1v) is 19.9. The summed E-state index contributed by atoms with van der Waals surface area (Å²) in [6.45, 7) is 20.4. The van der Waals surface area contributed by atoms with Gasteiger partial charge in [0.2, 0.25) is 11.8 Å². The van der Waals surface area contributed by atoms with Gasteiger partial charge in [-0.15, -0.1) is 10.2 Å². The highest BCUT2D eigenvalue weighted by Crippen LogP contribution is 2.77. The summed E-state index contributed by atoms with van der Waals surface area (Å²) < 4.78 is 12.8. The minimum absolute atomic E-state index is 0.113. The summed E-state index contributed by atoms with van der Waals surface area (Å²) >= 11 is 6.58. The number of carbonyl (C=O) groups is 2. The molecule has 0 spiro atoms. The van der Waals surface area contributed by atoms with E-state index in [1.54, 1.807) is 25.0 Å². The largest absolute Gasteiger partial charge is 0.481 e. The lowest BCUT2D eigenvalue weighted by Crippen LogP contribution is -2.66. The Hall–Kier alpha value is -2.67. The maximum atomic E-state index is 13.1. The van der Waals surface area contributed by atoms with E-state index in [1.807, 2.05) is 24.3 Å². The molecule has 0 saturated heterocycles. The number of aliphatic carboxylic acids is 1. The molecule has 0 aliphatic heterocycles. The number of rotatable bonds is 7. The third-order valence-corrected chi connectivity index (χ3v) is 16.3. The number of allylic oxidation sites excluding steroid dienone is 2. The first kappa shape index (κ1) is 36.7. The molecule has 1 heterocycles. The number of hydrogen-bond donors (Lipinski definition) is 1. The van der Waals surface area contributed by atoms with Gasteiger partial charge in [-0.05, 0) is 130 Å². The minimum atomic E-state index is -1.14. The van der Waals surface area contributed by atoms with E-state index in [2.05, 4.69) is 53.6 Å². The van der Waals surface area contributed by atoms with Crippen LogP contribution in [0.5, 0.6) is 0 Å². The Morgan fingerprint density at radius 2 is 1.67 bits per heavy atom. The molecule has 7 rings (SSSR count). The van der Waals surface area contributed by atoms with E-state index < -0.39 is 17.4 Å². The topological polar surface area (TPSA) is 103 Å². The van der Waals surface area contributed by atoms with Gasteiger partial charge in [0.15, 0.2) is 0 Å². The lowest BCUT2D eigenvalue weighted by Gasteiger charge is -2.72. The molecule has 8 atom stereocenters. The van der Waals surface area contributed by atoms with Crippen molar-refractivity contribution in [2.24, 2.45) is 50.7 Å². The fourth-order valence-corrected chi connectivity index (χ4v) is 13.2. The van der Waals surface area contributed by atoms with Gasteiger partial charge in [0.05, 0.1) is 27.8 Å². The smallest absolute Gasteiger partial charge is 0.309 e. The number of esters is 1. The molecule has 0 unspecified atom stereocenters. The minimum Gasteiger partial charge on any atom is -0.481 e. The van der Waals surface area contributed by atoms with Gasteiger partial charge in [0.1, 0.15) is 6.10 Å². The SMILES string of the molecule is CC(C)C1=C2[C@H]3CC[C@@H]4[C@@]5(C)CC[C@H](OC(=O)CC(C)(C)C(=O)O)C(C)(C)[C@@H]5CC[C@@]4(C)[C@]3(C)CC[C@@]2(c2nnc(-c3ccccc3Cl)o2)CC1. The quantitative estimate of drug-likeness (QED) is 0.224. The van der Waals surface area contributed by atoms with Crippen molar-refractivity contribution in [3.8, 4) is 11.5 Å². The zero-order chi connectivity index (χ0) is 36.9. The summed E-state index contributed by atoms with van der Waals surface area (Å²) in [5.41, 5.74) is 2.87. The second kappa shape index (κ2) is 12.2. The number of carboxylic acid groups (broad SMARTS) is 1. The molecule has 1 aromatic heterocycles. The van der Waals surface area contributed by atoms with E-state index in [9.17, 15) is 14.7 Å². The third kappa shape index (κ3) is 5.31. The summed E-state index contributed by atoms with van der Waals surface area (Å²) in [5, 5.41) is 19.6. The van der Waals surface area contributed by atoms with Crippen LogP contribution in [0.2, 0.25) is 5.02 Å². The van der Waals surface area contributed by atoms with Crippen LogP contribution in [0.1, 0.15) is 139 Å². The molecule has 5 aliphatic carbocycles. The molecule has 1 aromatic carbocycles. The fourth-order valence-electron chi connectivity index (χ4n) is 13.0. The maximum Gasteiger partial charge on any atom is 0.309 e. The van der Waals surface area contributed by atoms with Crippen LogP contribution in [-0.4, -0.2) is 33.3 Å². The van der Waals surface area contributed by atoms with Crippen LogP contribution in [0.15, 0.2) is 39.8 Å². The van der Waals surface area contributed by atoms with Crippen LogP contribution in [-0.2, 0) is 19.7 Å². The van der Waals surface area contributed by atoms with Crippen molar-refractivity contribution in [1.82, 2.24) is 10.2 Å². The number of hydrogen-bond acceptors (Lipinski definition) is 6. The van der Waals surface area contributed by atoms with Gasteiger partial charge in [-0.1, -0.05) is 83.3 Å². The zero-order valence-corrected chi connectivity index (χ0v) is 33.1. The van der Waals surface area contributed by atoms with Crippen molar-refractivity contribution in [3.05, 3.63) is 46.3 Å².